The molecular weight excluding hydrogens is 452 g/mol. The first-order chi connectivity index (χ1) is 14.8. The number of amides is 1. The van der Waals surface area contributed by atoms with Gasteiger partial charge in [0.2, 0.25) is 5.91 Å². The molecule has 0 atom stereocenters. The highest BCUT2D eigenvalue weighted by molar-refractivity contribution is 5.85. The van der Waals surface area contributed by atoms with E-state index in [2.05, 4.69) is 9.64 Å². The largest absolute Gasteiger partial charge is 0.573 e. The third-order valence-electron chi connectivity index (χ3n) is 5.00. The van der Waals surface area contributed by atoms with Gasteiger partial charge in [-0.05, 0) is 48.4 Å². The van der Waals surface area contributed by atoms with E-state index in [4.69, 9.17) is 4.74 Å². The molecule has 5 nitrogen and oxygen atoms in total. The number of halogens is 5. The van der Waals surface area contributed by atoms with Crippen molar-refractivity contribution in [2.75, 3.05) is 39.3 Å². The molecule has 0 spiro atoms. The third-order valence-corrected chi connectivity index (χ3v) is 5.00. The Kier molecular flexibility index (Phi) is 9.59. The van der Waals surface area contributed by atoms with Gasteiger partial charge in [0.25, 0.3) is 0 Å². The lowest BCUT2D eigenvalue weighted by atomic mass is 10.1. The van der Waals surface area contributed by atoms with Crippen LogP contribution in [-0.2, 0) is 11.2 Å². The van der Waals surface area contributed by atoms with Crippen molar-refractivity contribution in [3.63, 3.8) is 0 Å². The predicted molar refractivity (Wildman–Crippen MR) is 114 cm³/mol. The van der Waals surface area contributed by atoms with E-state index in [0.717, 1.165) is 18.7 Å². The van der Waals surface area contributed by atoms with Crippen molar-refractivity contribution in [3.05, 3.63) is 59.9 Å². The summed E-state index contributed by atoms with van der Waals surface area (Å²) in [5, 5.41) is 0. The predicted octanol–water partition coefficient (Wildman–Crippen LogP) is 4.30. The number of alkyl halides is 3. The molecule has 1 aliphatic heterocycles. The van der Waals surface area contributed by atoms with Crippen molar-refractivity contribution in [1.82, 2.24) is 9.80 Å². The lowest BCUT2D eigenvalue weighted by Gasteiger charge is -2.34. The van der Waals surface area contributed by atoms with Crippen LogP contribution in [0.25, 0.3) is 0 Å². The van der Waals surface area contributed by atoms with E-state index >= 15 is 0 Å². The van der Waals surface area contributed by atoms with Crippen LogP contribution in [0, 0.1) is 5.82 Å². The number of nitrogens with zero attached hydrogens (tertiary/aromatic N) is 2. The molecule has 3 rings (SSSR count). The third kappa shape index (κ3) is 8.55. The van der Waals surface area contributed by atoms with Crippen LogP contribution in [0.2, 0.25) is 0 Å². The highest BCUT2D eigenvalue weighted by Crippen LogP contribution is 2.23. The van der Waals surface area contributed by atoms with Crippen molar-refractivity contribution in [2.45, 2.75) is 19.2 Å². The van der Waals surface area contributed by atoms with E-state index in [-0.39, 0.29) is 29.9 Å². The highest BCUT2D eigenvalue weighted by atomic mass is 35.5. The van der Waals surface area contributed by atoms with Crippen molar-refractivity contribution in [3.8, 4) is 11.5 Å². The van der Waals surface area contributed by atoms with Crippen molar-refractivity contribution < 1.29 is 31.8 Å². The van der Waals surface area contributed by atoms with Gasteiger partial charge in [-0.1, -0.05) is 12.1 Å². The summed E-state index contributed by atoms with van der Waals surface area (Å²) in [7, 11) is 0. The van der Waals surface area contributed by atoms with E-state index < -0.39 is 6.36 Å². The summed E-state index contributed by atoms with van der Waals surface area (Å²) < 4.78 is 58.9. The first-order valence-electron chi connectivity index (χ1n) is 10.0. The zero-order valence-corrected chi connectivity index (χ0v) is 18.1. The molecule has 0 radical (unpaired) electrons. The SMILES string of the molecule is Cl.O=C(CCc1ccc(OC(F)(F)F)cc1)N1CCN(CCOc2ccc(F)cc2)CC1. The zero-order chi connectivity index (χ0) is 22.3. The molecule has 10 heteroatoms. The topological polar surface area (TPSA) is 42.0 Å². The lowest BCUT2D eigenvalue weighted by Crippen LogP contribution is -2.49. The van der Waals surface area contributed by atoms with Gasteiger partial charge in [-0.15, -0.1) is 25.6 Å². The molecule has 0 saturated carbocycles. The Morgan fingerprint density at radius 2 is 1.50 bits per heavy atom. The van der Waals surface area contributed by atoms with Gasteiger partial charge >= 0.3 is 6.36 Å². The Hall–Kier alpha value is -2.52. The average molecular weight is 477 g/mol. The van der Waals surface area contributed by atoms with Crippen LogP contribution < -0.4 is 9.47 Å². The number of hydrogen-bond donors (Lipinski definition) is 0. The number of carbonyl (C=O) groups is 1. The van der Waals surface area contributed by atoms with Crippen molar-refractivity contribution in [2.24, 2.45) is 0 Å². The molecule has 0 N–H and O–H groups in total. The number of rotatable bonds is 8. The second-order valence-electron chi connectivity index (χ2n) is 7.22. The molecule has 0 aliphatic carbocycles. The second-order valence-corrected chi connectivity index (χ2v) is 7.22. The summed E-state index contributed by atoms with van der Waals surface area (Å²) in [5.74, 6) is 0.0637. The Balaban J connectivity index is 0.00000363. The number of piperazine rings is 1. The Labute approximate surface area is 190 Å². The summed E-state index contributed by atoms with van der Waals surface area (Å²) in [6.07, 6.45) is -3.96. The summed E-state index contributed by atoms with van der Waals surface area (Å²) in [6, 6.07) is 11.4. The van der Waals surface area contributed by atoms with Crippen LogP contribution in [-0.4, -0.2) is 61.4 Å². The van der Waals surface area contributed by atoms with Gasteiger partial charge in [0, 0.05) is 39.1 Å². The smallest absolute Gasteiger partial charge is 0.492 e. The van der Waals surface area contributed by atoms with Gasteiger partial charge in [-0.25, -0.2) is 4.39 Å². The molecule has 1 amide bonds. The Morgan fingerprint density at radius 3 is 2.09 bits per heavy atom. The maximum atomic E-state index is 12.9. The Bertz CT molecular complexity index is 840. The minimum absolute atomic E-state index is 0. The molecule has 32 heavy (non-hydrogen) atoms. The van der Waals surface area contributed by atoms with Crippen LogP contribution >= 0.6 is 12.4 Å². The monoisotopic (exact) mass is 476 g/mol. The molecule has 1 saturated heterocycles. The summed E-state index contributed by atoms with van der Waals surface area (Å²) in [4.78, 5) is 16.4. The Morgan fingerprint density at radius 1 is 0.906 bits per heavy atom. The van der Waals surface area contributed by atoms with E-state index in [1.165, 1.54) is 36.4 Å². The normalized spacial score (nSPS) is 14.6. The van der Waals surface area contributed by atoms with Crippen LogP contribution in [0.5, 0.6) is 11.5 Å². The maximum Gasteiger partial charge on any atom is 0.573 e. The molecule has 0 bridgehead atoms. The first kappa shape index (κ1) is 25.7. The molecule has 1 aliphatic rings. The standard InChI is InChI=1S/C22H24F4N2O3.ClH/c23-18-4-8-19(9-5-18)30-16-15-27-11-13-28(14-12-27)21(29)10-3-17-1-6-20(7-2-17)31-22(24,25)26;/h1-2,4-9H,3,10-16H2;1H. The molecule has 0 unspecified atom stereocenters. The minimum Gasteiger partial charge on any atom is -0.492 e. The van der Waals surface area contributed by atoms with Gasteiger partial charge in [0.15, 0.2) is 0 Å². The quantitative estimate of drug-likeness (QED) is 0.533. The number of aryl methyl sites for hydroxylation is 1. The van der Waals surface area contributed by atoms with E-state index in [0.29, 0.717) is 44.8 Å². The van der Waals surface area contributed by atoms with Crippen LogP contribution in [0.4, 0.5) is 17.6 Å². The summed E-state index contributed by atoms with van der Waals surface area (Å²) in [6.45, 7) is 3.91. The molecule has 0 aromatic heterocycles. The minimum atomic E-state index is -4.72. The maximum absolute atomic E-state index is 12.9. The van der Waals surface area contributed by atoms with Crippen molar-refractivity contribution in [1.29, 1.82) is 0 Å². The van der Waals surface area contributed by atoms with Gasteiger partial charge in [-0.2, -0.15) is 0 Å². The van der Waals surface area contributed by atoms with Crippen molar-refractivity contribution >= 4 is 18.3 Å². The van der Waals surface area contributed by atoms with Crippen LogP contribution in [0.3, 0.4) is 0 Å². The molecule has 2 aromatic rings. The van der Waals surface area contributed by atoms with Gasteiger partial charge in [-0.3, -0.25) is 9.69 Å². The van der Waals surface area contributed by atoms with Crippen LogP contribution in [0.1, 0.15) is 12.0 Å². The average Bonchev–Trinajstić information content (AvgIpc) is 2.74. The fraction of sp³-hybridized carbons (Fsp3) is 0.409. The van der Waals surface area contributed by atoms with E-state index in [1.807, 2.05) is 0 Å². The highest BCUT2D eigenvalue weighted by Gasteiger charge is 2.31. The second kappa shape index (κ2) is 11.9. The first-order valence-corrected chi connectivity index (χ1v) is 10.0. The fourth-order valence-electron chi connectivity index (χ4n) is 3.31. The lowest BCUT2D eigenvalue weighted by molar-refractivity contribution is -0.274. The van der Waals surface area contributed by atoms with Gasteiger partial charge in [0.05, 0.1) is 0 Å². The number of ether oxygens (including phenoxy) is 2. The number of hydrogen-bond acceptors (Lipinski definition) is 4. The van der Waals surface area contributed by atoms with E-state index in [9.17, 15) is 22.4 Å². The van der Waals surface area contributed by atoms with Crippen LogP contribution in [0.15, 0.2) is 48.5 Å². The summed E-state index contributed by atoms with van der Waals surface area (Å²) in [5.41, 5.74) is 0.777. The zero-order valence-electron chi connectivity index (χ0n) is 17.3. The molecule has 1 heterocycles. The summed E-state index contributed by atoms with van der Waals surface area (Å²) >= 11 is 0. The molecular formula is C22H25ClF4N2O3. The van der Waals surface area contributed by atoms with Gasteiger partial charge < -0.3 is 14.4 Å². The molecule has 2 aromatic carbocycles. The van der Waals surface area contributed by atoms with E-state index in [1.54, 1.807) is 17.0 Å². The number of carbonyl (C=O) groups excluding carboxylic acids is 1. The fourth-order valence-corrected chi connectivity index (χ4v) is 3.31. The molecule has 176 valence electrons. The number of benzene rings is 2. The molecule has 1 fully saturated rings. The van der Waals surface area contributed by atoms with Gasteiger partial charge in [0.1, 0.15) is 23.9 Å².